The van der Waals surface area contributed by atoms with Crippen molar-refractivity contribution in [1.29, 1.82) is 0 Å². The molecule has 51 heavy (non-hydrogen) atoms. The van der Waals surface area contributed by atoms with Crippen LogP contribution < -0.4 is 15.4 Å². The Morgan fingerprint density at radius 1 is 1.12 bits per heavy atom. The van der Waals surface area contributed by atoms with Gasteiger partial charge in [-0.15, -0.1) is 0 Å². The number of hydrogen-bond donors (Lipinski definition) is 2. The SMILES string of the molecule is CCOc1cccc(CN2[C@H]3Cc4c5cc(C)c(C(=O)NCCOC)cc5nn4C3[C@H](c3cccc(Cl)c3F)[C@]23C(=O)Nc2cc(Cl)ccc23)c1. The van der Waals surface area contributed by atoms with Gasteiger partial charge < -0.3 is 20.1 Å². The van der Waals surface area contributed by atoms with E-state index >= 15 is 4.39 Å². The number of carbonyl (C=O) groups is 2. The standard InChI is InChI=1S/C39H36Cl2FN5O4/c1-4-51-24-8-5-7-22(16-24)20-46-33-19-32-27-15-21(2)26(37(48)43-13-14-50-3)18-30(27)45-47(32)36(33)34(25-9-6-10-29(41)35(25)42)39(46)28-12-11-23(40)17-31(28)44-38(39)49/h5-12,15-18,33-34,36H,4,13-14,19-20H2,1-3H3,(H,43,48)(H,44,49)/t33-,34-,36?,39+/m0/s1. The molecule has 262 valence electrons. The average Bonchev–Trinajstić information content (AvgIpc) is 3.80. The maximum Gasteiger partial charge on any atom is 0.251 e. The van der Waals surface area contributed by atoms with Gasteiger partial charge in [0.1, 0.15) is 17.1 Å². The molecule has 1 saturated heterocycles. The van der Waals surface area contributed by atoms with Gasteiger partial charge >= 0.3 is 0 Å². The van der Waals surface area contributed by atoms with Crippen molar-refractivity contribution in [2.45, 2.75) is 50.4 Å². The van der Waals surface area contributed by atoms with Gasteiger partial charge in [-0.1, -0.05) is 53.5 Å². The second kappa shape index (κ2) is 12.9. The Kier molecular flexibility index (Phi) is 8.53. The molecule has 3 aliphatic rings. The number of aromatic nitrogens is 2. The van der Waals surface area contributed by atoms with E-state index in [9.17, 15) is 9.59 Å². The maximum absolute atomic E-state index is 16.5. The van der Waals surface area contributed by atoms with Gasteiger partial charge in [-0.3, -0.25) is 19.2 Å². The number of aryl methyl sites for hydroxylation is 1. The van der Waals surface area contributed by atoms with Gasteiger partial charge in [0, 0.05) is 71.5 Å². The van der Waals surface area contributed by atoms with Crippen molar-refractivity contribution in [3.63, 3.8) is 0 Å². The number of carbonyl (C=O) groups excluding carboxylic acids is 2. The molecule has 4 heterocycles. The first-order valence-corrected chi connectivity index (χ1v) is 17.8. The third-order valence-corrected chi connectivity index (χ3v) is 11.1. The molecule has 9 nitrogen and oxygen atoms in total. The highest BCUT2D eigenvalue weighted by molar-refractivity contribution is 6.31. The predicted molar refractivity (Wildman–Crippen MR) is 194 cm³/mol. The molecule has 2 N–H and O–H groups in total. The number of anilines is 1. The summed E-state index contributed by atoms with van der Waals surface area (Å²) in [6, 6.07) is 21.2. The molecular weight excluding hydrogens is 692 g/mol. The van der Waals surface area contributed by atoms with Crippen LogP contribution in [0.2, 0.25) is 10.0 Å². The number of fused-ring (bicyclic) bond motifs is 7. The molecule has 4 atom stereocenters. The van der Waals surface area contributed by atoms with Gasteiger partial charge in [-0.25, -0.2) is 4.39 Å². The van der Waals surface area contributed by atoms with Crippen molar-refractivity contribution in [1.82, 2.24) is 20.0 Å². The van der Waals surface area contributed by atoms with E-state index in [1.54, 1.807) is 31.4 Å². The quantitative estimate of drug-likeness (QED) is 0.156. The Morgan fingerprint density at radius 2 is 1.94 bits per heavy atom. The smallest absolute Gasteiger partial charge is 0.251 e. The molecule has 0 radical (unpaired) electrons. The fourth-order valence-corrected chi connectivity index (χ4v) is 8.94. The molecule has 1 aromatic heterocycles. The van der Waals surface area contributed by atoms with E-state index < -0.39 is 23.3 Å². The van der Waals surface area contributed by atoms with E-state index in [2.05, 4.69) is 15.5 Å². The zero-order valence-corrected chi connectivity index (χ0v) is 29.8. The van der Waals surface area contributed by atoms with Crippen LogP contribution in [-0.4, -0.2) is 59.4 Å². The Morgan fingerprint density at radius 3 is 2.75 bits per heavy atom. The lowest BCUT2D eigenvalue weighted by Crippen LogP contribution is -2.52. The number of amides is 2. The van der Waals surface area contributed by atoms with Crippen LogP contribution in [0.3, 0.4) is 0 Å². The van der Waals surface area contributed by atoms with Crippen LogP contribution in [0.4, 0.5) is 10.1 Å². The summed E-state index contributed by atoms with van der Waals surface area (Å²) < 4.78 is 29.4. The maximum atomic E-state index is 16.5. The molecule has 1 fully saturated rings. The molecule has 0 saturated carbocycles. The Bertz CT molecular complexity index is 2230. The van der Waals surface area contributed by atoms with Crippen LogP contribution in [0.25, 0.3) is 10.9 Å². The van der Waals surface area contributed by atoms with Crippen LogP contribution >= 0.6 is 23.2 Å². The van der Waals surface area contributed by atoms with Crippen LogP contribution in [0.1, 0.15) is 57.2 Å². The lowest BCUT2D eigenvalue weighted by Gasteiger charge is -2.40. The summed E-state index contributed by atoms with van der Waals surface area (Å²) >= 11 is 13.0. The van der Waals surface area contributed by atoms with E-state index in [-0.39, 0.29) is 22.9 Å². The Labute approximate surface area is 304 Å². The van der Waals surface area contributed by atoms with Crippen molar-refractivity contribution in [3.8, 4) is 5.75 Å². The van der Waals surface area contributed by atoms with Crippen molar-refractivity contribution in [3.05, 3.63) is 122 Å². The summed E-state index contributed by atoms with van der Waals surface area (Å²) in [6.45, 7) is 5.50. The Hall–Kier alpha value is -4.48. The van der Waals surface area contributed by atoms with E-state index in [1.807, 2.05) is 61.0 Å². The number of methoxy groups -OCH3 is 1. The molecule has 8 rings (SSSR count). The van der Waals surface area contributed by atoms with Crippen molar-refractivity contribution >= 4 is 51.6 Å². The third-order valence-electron chi connectivity index (χ3n) is 10.6. The van der Waals surface area contributed by atoms with Crippen molar-refractivity contribution < 1.29 is 23.5 Å². The monoisotopic (exact) mass is 727 g/mol. The molecule has 0 aliphatic carbocycles. The van der Waals surface area contributed by atoms with E-state index in [0.717, 1.165) is 28.0 Å². The number of hydrogen-bond acceptors (Lipinski definition) is 6. The summed E-state index contributed by atoms with van der Waals surface area (Å²) in [4.78, 5) is 30.2. The molecule has 1 unspecified atom stereocenters. The van der Waals surface area contributed by atoms with Crippen LogP contribution in [0, 0.1) is 12.7 Å². The summed E-state index contributed by atoms with van der Waals surface area (Å²) in [5, 5.41) is 12.5. The fraction of sp³-hybridized carbons (Fsp3) is 0.308. The van der Waals surface area contributed by atoms with Crippen LogP contribution in [-0.2, 0) is 28.0 Å². The zero-order valence-electron chi connectivity index (χ0n) is 28.3. The van der Waals surface area contributed by atoms with E-state index in [4.69, 9.17) is 37.8 Å². The third kappa shape index (κ3) is 5.22. The number of nitrogens with one attached hydrogen (secondary N) is 2. The normalized spacial score (nSPS) is 21.9. The first kappa shape index (κ1) is 33.7. The van der Waals surface area contributed by atoms with Gasteiger partial charge in [-0.05, 0) is 73.0 Å². The van der Waals surface area contributed by atoms with Crippen molar-refractivity contribution in [2.24, 2.45) is 0 Å². The van der Waals surface area contributed by atoms with Gasteiger partial charge in [0.15, 0.2) is 0 Å². The second-order valence-electron chi connectivity index (χ2n) is 13.3. The first-order valence-electron chi connectivity index (χ1n) is 17.0. The summed E-state index contributed by atoms with van der Waals surface area (Å²) in [6.07, 6.45) is 0.530. The predicted octanol–water partition coefficient (Wildman–Crippen LogP) is 7.18. The van der Waals surface area contributed by atoms with E-state index in [1.165, 1.54) is 6.07 Å². The highest BCUT2D eigenvalue weighted by Gasteiger charge is 2.69. The fourth-order valence-electron chi connectivity index (χ4n) is 8.59. The highest BCUT2D eigenvalue weighted by atomic mass is 35.5. The molecule has 2 amide bonds. The molecule has 4 aromatic carbocycles. The minimum atomic E-state index is -1.36. The van der Waals surface area contributed by atoms with Crippen LogP contribution in [0.15, 0.2) is 72.8 Å². The number of halogens is 3. The van der Waals surface area contributed by atoms with Gasteiger partial charge in [0.05, 0.1) is 29.8 Å². The average molecular weight is 729 g/mol. The van der Waals surface area contributed by atoms with Gasteiger partial charge in [0.2, 0.25) is 5.91 Å². The lowest BCUT2D eigenvalue weighted by atomic mass is 9.73. The minimum Gasteiger partial charge on any atom is -0.494 e. The molecule has 3 aliphatic heterocycles. The summed E-state index contributed by atoms with van der Waals surface area (Å²) in [5.74, 6) is -1.10. The molecule has 12 heteroatoms. The number of nitrogens with zero attached hydrogens (tertiary/aromatic N) is 3. The number of rotatable bonds is 9. The molecular formula is C39H36Cl2FN5O4. The zero-order chi connectivity index (χ0) is 35.6. The molecule has 0 bridgehead atoms. The van der Waals surface area contributed by atoms with Gasteiger partial charge in [0.25, 0.3) is 5.91 Å². The van der Waals surface area contributed by atoms with Crippen molar-refractivity contribution in [2.75, 3.05) is 32.2 Å². The minimum absolute atomic E-state index is 0.0274. The highest BCUT2D eigenvalue weighted by Crippen LogP contribution is 2.64. The number of ether oxygens (including phenoxy) is 2. The topological polar surface area (TPSA) is 97.7 Å². The van der Waals surface area contributed by atoms with Gasteiger partial charge in [-0.2, -0.15) is 5.10 Å². The molecule has 5 aromatic rings. The molecule has 1 spiro atoms. The number of likely N-dealkylation sites (tertiary alicyclic amines) is 1. The largest absolute Gasteiger partial charge is 0.494 e. The lowest BCUT2D eigenvalue weighted by molar-refractivity contribution is -0.128. The Balaban J connectivity index is 1.35. The van der Waals surface area contributed by atoms with E-state index in [0.29, 0.717) is 65.6 Å². The summed E-state index contributed by atoms with van der Waals surface area (Å²) in [5.41, 5.74) is 4.13. The second-order valence-corrected chi connectivity index (χ2v) is 14.2. The first-order chi connectivity index (χ1) is 24.7. The van der Waals surface area contributed by atoms with Crippen LogP contribution in [0.5, 0.6) is 5.75 Å². The number of benzene rings is 4. The summed E-state index contributed by atoms with van der Waals surface area (Å²) in [7, 11) is 1.58.